The lowest BCUT2D eigenvalue weighted by atomic mass is 9.71. The van der Waals surface area contributed by atoms with Crippen molar-refractivity contribution in [2.75, 3.05) is 0 Å². The van der Waals surface area contributed by atoms with E-state index in [9.17, 15) is 9.59 Å². The Morgan fingerprint density at radius 1 is 1.20 bits per heavy atom. The minimum Gasteiger partial charge on any atom is -0.345 e. The quantitative estimate of drug-likeness (QED) is 0.709. The predicted octanol–water partition coefficient (Wildman–Crippen LogP) is 1.91. The van der Waals surface area contributed by atoms with Gasteiger partial charge in [-0.15, -0.1) is 0 Å². The molecule has 1 unspecified atom stereocenters. The first-order chi connectivity index (χ1) is 6.62. The van der Waals surface area contributed by atoms with Crippen LogP contribution in [-0.2, 0) is 9.59 Å². The lowest BCUT2D eigenvalue weighted by molar-refractivity contribution is -0.122. The maximum atomic E-state index is 11.6. The van der Waals surface area contributed by atoms with Gasteiger partial charge < -0.3 is 5.32 Å². The molecule has 0 aromatic carbocycles. The highest BCUT2D eigenvalue weighted by Gasteiger charge is 2.42. The second-order valence-corrected chi connectivity index (χ2v) is 6.37. The predicted molar refractivity (Wildman–Crippen MR) is 59.4 cm³/mol. The SMILES string of the molecule is CC(C)(C)CC(C)(C)C1NC(=O)CC1=O. The fraction of sp³-hybridized carbons (Fsp3) is 0.833. The molecule has 1 amide bonds. The second-order valence-electron chi connectivity index (χ2n) is 6.37. The third-order valence-electron chi connectivity index (χ3n) is 2.73. The topological polar surface area (TPSA) is 46.2 Å². The Morgan fingerprint density at radius 2 is 1.73 bits per heavy atom. The van der Waals surface area contributed by atoms with E-state index in [1.165, 1.54) is 0 Å². The van der Waals surface area contributed by atoms with Crippen LogP contribution in [0.15, 0.2) is 0 Å². The van der Waals surface area contributed by atoms with Crippen molar-refractivity contribution in [2.24, 2.45) is 10.8 Å². The van der Waals surface area contributed by atoms with Gasteiger partial charge in [0.15, 0.2) is 5.78 Å². The maximum Gasteiger partial charge on any atom is 0.228 e. The summed E-state index contributed by atoms with van der Waals surface area (Å²) in [4.78, 5) is 22.8. The number of nitrogens with one attached hydrogen (secondary N) is 1. The van der Waals surface area contributed by atoms with Gasteiger partial charge in [0.25, 0.3) is 0 Å². The van der Waals surface area contributed by atoms with Gasteiger partial charge in [-0.3, -0.25) is 9.59 Å². The average Bonchev–Trinajstić information content (AvgIpc) is 2.24. The molecule has 1 heterocycles. The summed E-state index contributed by atoms with van der Waals surface area (Å²) in [6.07, 6.45) is 0.967. The Labute approximate surface area is 91.6 Å². The van der Waals surface area contributed by atoms with Crippen molar-refractivity contribution in [1.29, 1.82) is 0 Å². The van der Waals surface area contributed by atoms with Gasteiger partial charge in [-0.1, -0.05) is 34.6 Å². The van der Waals surface area contributed by atoms with Crippen LogP contribution in [0.4, 0.5) is 0 Å². The molecular weight excluding hydrogens is 190 g/mol. The molecule has 0 bridgehead atoms. The summed E-state index contributed by atoms with van der Waals surface area (Å²) in [6, 6.07) is -0.302. The third-order valence-corrected chi connectivity index (χ3v) is 2.73. The fourth-order valence-electron chi connectivity index (χ4n) is 2.65. The number of hydrogen-bond acceptors (Lipinski definition) is 2. The Balaban J connectivity index is 2.78. The van der Waals surface area contributed by atoms with Gasteiger partial charge in [0, 0.05) is 0 Å². The van der Waals surface area contributed by atoms with Crippen LogP contribution in [-0.4, -0.2) is 17.7 Å². The molecule has 3 heteroatoms. The van der Waals surface area contributed by atoms with Crippen LogP contribution in [0.2, 0.25) is 0 Å². The van der Waals surface area contributed by atoms with Gasteiger partial charge in [0.1, 0.15) is 0 Å². The molecule has 1 aliphatic rings. The van der Waals surface area contributed by atoms with Crippen LogP contribution in [0.25, 0.3) is 0 Å². The van der Waals surface area contributed by atoms with Gasteiger partial charge in [0.05, 0.1) is 12.5 Å². The lowest BCUT2D eigenvalue weighted by Crippen LogP contribution is -2.44. The van der Waals surface area contributed by atoms with E-state index in [1.54, 1.807) is 0 Å². The Bertz CT molecular complexity index is 286. The molecule has 86 valence electrons. The summed E-state index contributed by atoms with van der Waals surface area (Å²) in [5.74, 6) is -0.0961. The van der Waals surface area contributed by atoms with E-state index < -0.39 is 0 Å². The summed E-state index contributed by atoms with van der Waals surface area (Å²) in [5.41, 5.74) is -0.00140. The Hall–Kier alpha value is -0.860. The maximum absolute atomic E-state index is 11.6. The number of carbonyl (C=O) groups is 2. The molecule has 15 heavy (non-hydrogen) atoms. The summed E-state index contributed by atoms with van der Waals surface area (Å²) in [7, 11) is 0. The average molecular weight is 211 g/mol. The van der Waals surface area contributed by atoms with Crippen LogP contribution < -0.4 is 5.32 Å². The molecule has 1 fully saturated rings. The van der Waals surface area contributed by atoms with Crippen LogP contribution >= 0.6 is 0 Å². The molecule has 3 nitrogen and oxygen atoms in total. The molecule has 0 saturated carbocycles. The number of rotatable bonds is 2. The molecule has 0 aromatic heterocycles. The van der Waals surface area contributed by atoms with E-state index in [0.29, 0.717) is 0 Å². The fourth-order valence-corrected chi connectivity index (χ4v) is 2.65. The second kappa shape index (κ2) is 3.62. The van der Waals surface area contributed by atoms with Crippen LogP contribution in [0, 0.1) is 10.8 Å². The highest BCUT2D eigenvalue weighted by Crippen LogP contribution is 2.37. The van der Waals surface area contributed by atoms with E-state index >= 15 is 0 Å². The van der Waals surface area contributed by atoms with Crippen molar-refractivity contribution in [2.45, 2.75) is 53.5 Å². The van der Waals surface area contributed by atoms with Crippen molar-refractivity contribution < 1.29 is 9.59 Å². The minimum atomic E-state index is -0.302. The molecule has 1 rings (SSSR count). The monoisotopic (exact) mass is 211 g/mol. The lowest BCUT2D eigenvalue weighted by Gasteiger charge is -2.36. The molecule has 0 aliphatic carbocycles. The first kappa shape index (κ1) is 12.2. The number of amides is 1. The molecule has 1 aliphatic heterocycles. The number of carbonyl (C=O) groups excluding carboxylic acids is 2. The largest absolute Gasteiger partial charge is 0.345 e. The van der Waals surface area contributed by atoms with Crippen LogP contribution in [0.5, 0.6) is 0 Å². The Kier molecular flexibility index (Phi) is 2.94. The van der Waals surface area contributed by atoms with E-state index in [0.717, 1.165) is 6.42 Å². The van der Waals surface area contributed by atoms with Gasteiger partial charge >= 0.3 is 0 Å². The highest BCUT2D eigenvalue weighted by atomic mass is 16.2. The zero-order valence-electron chi connectivity index (χ0n) is 10.3. The van der Waals surface area contributed by atoms with Crippen molar-refractivity contribution in [3.8, 4) is 0 Å². The van der Waals surface area contributed by atoms with E-state index in [1.807, 2.05) is 13.8 Å². The molecule has 1 atom stereocenters. The zero-order chi connectivity index (χ0) is 11.9. The zero-order valence-corrected chi connectivity index (χ0v) is 10.3. The van der Waals surface area contributed by atoms with Crippen LogP contribution in [0.3, 0.4) is 0 Å². The number of Topliss-reactive ketones (excluding diaryl/α,β-unsaturated/α-hetero) is 1. The van der Waals surface area contributed by atoms with Gasteiger partial charge in [0.2, 0.25) is 5.91 Å². The first-order valence-electron chi connectivity index (χ1n) is 5.44. The number of ketones is 1. The van der Waals surface area contributed by atoms with E-state index in [2.05, 4.69) is 26.1 Å². The number of hydrogen-bond donors (Lipinski definition) is 1. The van der Waals surface area contributed by atoms with Crippen LogP contribution in [0.1, 0.15) is 47.5 Å². The highest BCUT2D eigenvalue weighted by molar-refractivity contribution is 6.07. The van der Waals surface area contributed by atoms with Gasteiger partial charge in [-0.05, 0) is 17.3 Å². The summed E-state index contributed by atoms with van der Waals surface area (Å²) in [5, 5.41) is 2.78. The van der Waals surface area contributed by atoms with Crippen molar-refractivity contribution in [3.05, 3.63) is 0 Å². The summed E-state index contributed by atoms with van der Waals surface area (Å²) >= 11 is 0. The first-order valence-corrected chi connectivity index (χ1v) is 5.44. The molecule has 1 saturated heterocycles. The third kappa shape index (κ3) is 3.05. The van der Waals surface area contributed by atoms with Gasteiger partial charge in [-0.25, -0.2) is 0 Å². The molecule has 0 spiro atoms. The molecule has 0 aromatic rings. The van der Waals surface area contributed by atoms with Crippen molar-refractivity contribution in [1.82, 2.24) is 5.32 Å². The molecule has 0 radical (unpaired) electrons. The van der Waals surface area contributed by atoms with E-state index in [4.69, 9.17) is 0 Å². The standard InChI is InChI=1S/C12H21NO2/c1-11(2,3)7-12(4,5)10-8(14)6-9(15)13-10/h10H,6-7H2,1-5H3,(H,13,15). The Morgan fingerprint density at radius 3 is 2.07 bits per heavy atom. The normalized spacial score (nSPS) is 23.1. The van der Waals surface area contributed by atoms with Crippen molar-refractivity contribution >= 4 is 11.7 Å². The van der Waals surface area contributed by atoms with Crippen molar-refractivity contribution in [3.63, 3.8) is 0 Å². The summed E-state index contributed by atoms with van der Waals surface area (Å²) in [6.45, 7) is 10.5. The molecular formula is C12H21NO2. The smallest absolute Gasteiger partial charge is 0.228 e. The summed E-state index contributed by atoms with van der Waals surface area (Å²) < 4.78 is 0. The van der Waals surface area contributed by atoms with Gasteiger partial charge in [-0.2, -0.15) is 0 Å². The minimum absolute atomic E-state index is 0.0363. The molecule has 1 N–H and O–H groups in total. The van der Waals surface area contributed by atoms with E-state index in [-0.39, 0.29) is 35.0 Å².